The van der Waals surface area contributed by atoms with E-state index in [1.807, 2.05) is 6.07 Å². The van der Waals surface area contributed by atoms with Crippen LogP contribution in [0.5, 0.6) is 0 Å². The number of hydrogen-bond donors (Lipinski definition) is 1. The summed E-state index contributed by atoms with van der Waals surface area (Å²) in [5, 5.41) is 0. The van der Waals surface area contributed by atoms with Crippen LogP contribution in [0, 0.1) is 5.82 Å². The lowest BCUT2D eigenvalue weighted by molar-refractivity contribution is 0.471. The molecule has 2 nitrogen and oxygen atoms in total. The van der Waals surface area contributed by atoms with Gasteiger partial charge in [0.05, 0.1) is 6.20 Å². The van der Waals surface area contributed by atoms with Gasteiger partial charge in [-0.25, -0.2) is 4.39 Å². The number of aryl methyl sites for hydroxylation is 1. The van der Waals surface area contributed by atoms with Crippen molar-refractivity contribution < 1.29 is 4.39 Å². The van der Waals surface area contributed by atoms with Crippen LogP contribution < -0.4 is 5.73 Å². The van der Waals surface area contributed by atoms with Crippen LogP contribution in [-0.2, 0) is 6.42 Å². The first-order valence-corrected chi connectivity index (χ1v) is 6.69. The highest BCUT2D eigenvalue weighted by atomic mass is 19.1. The third-order valence-corrected chi connectivity index (χ3v) is 3.96. The molecule has 19 heavy (non-hydrogen) atoms. The van der Waals surface area contributed by atoms with E-state index in [1.54, 1.807) is 6.20 Å². The fourth-order valence-corrected chi connectivity index (χ4v) is 3.01. The normalized spacial score (nSPS) is 19.8. The Morgan fingerprint density at radius 2 is 2.11 bits per heavy atom. The van der Waals surface area contributed by atoms with E-state index in [4.69, 9.17) is 5.73 Å². The molecule has 2 atom stereocenters. The van der Waals surface area contributed by atoms with Crippen LogP contribution in [0.3, 0.4) is 0 Å². The van der Waals surface area contributed by atoms with E-state index in [0.717, 1.165) is 24.8 Å². The second-order valence-corrected chi connectivity index (χ2v) is 5.16. The minimum absolute atomic E-state index is 0.190. The van der Waals surface area contributed by atoms with E-state index in [2.05, 4.69) is 23.2 Å². The van der Waals surface area contributed by atoms with Gasteiger partial charge in [-0.05, 0) is 42.0 Å². The number of halogens is 1. The molecular weight excluding hydrogens is 239 g/mol. The largest absolute Gasteiger partial charge is 0.323 e. The van der Waals surface area contributed by atoms with E-state index in [1.165, 1.54) is 23.4 Å². The van der Waals surface area contributed by atoms with Crippen LogP contribution in [0.25, 0.3) is 0 Å². The van der Waals surface area contributed by atoms with Gasteiger partial charge in [0.1, 0.15) is 5.82 Å². The third kappa shape index (κ3) is 2.38. The molecular formula is C16H17FN2. The summed E-state index contributed by atoms with van der Waals surface area (Å²) in [6.45, 7) is 0. The molecule has 0 fully saturated rings. The Bertz CT molecular complexity index is 582. The molecule has 3 rings (SSSR count). The number of pyridine rings is 1. The zero-order valence-electron chi connectivity index (χ0n) is 10.7. The molecule has 2 unspecified atom stereocenters. The molecule has 3 heteroatoms. The fourth-order valence-electron chi connectivity index (χ4n) is 3.01. The Morgan fingerprint density at radius 1 is 1.26 bits per heavy atom. The molecule has 1 aliphatic carbocycles. The summed E-state index contributed by atoms with van der Waals surface area (Å²) >= 11 is 0. The molecule has 2 N–H and O–H groups in total. The first-order chi connectivity index (χ1) is 9.25. The van der Waals surface area contributed by atoms with Crippen molar-refractivity contribution in [3.63, 3.8) is 0 Å². The Morgan fingerprint density at radius 3 is 2.95 bits per heavy atom. The van der Waals surface area contributed by atoms with Gasteiger partial charge in [-0.2, -0.15) is 0 Å². The van der Waals surface area contributed by atoms with Gasteiger partial charge >= 0.3 is 0 Å². The van der Waals surface area contributed by atoms with Gasteiger partial charge in [0, 0.05) is 18.2 Å². The molecule has 1 aliphatic rings. The average Bonchev–Trinajstić information content (AvgIpc) is 2.46. The number of benzene rings is 1. The molecule has 1 aromatic carbocycles. The highest BCUT2D eigenvalue weighted by Gasteiger charge is 2.26. The Balaban J connectivity index is 1.95. The minimum Gasteiger partial charge on any atom is -0.323 e. The van der Waals surface area contributed by atoms with E-state index in [-0.39, 0.29) is 17.8 Å². The third-order valence-electron chi connectivity index (χ3n) is 3.96. The molecule has 98 valence electrons. The quantitative estimate of drug-likeness (QED) is 0.895. The fraction of sp³-hybridized carbons (Fsp3) is 0.312. The van der Waals surface area contributed by atoms with E-state index in [9.17, 15) is 4.39 Å². The smallest absolute Gasteiger partial charge is 0.141 e. The molecule has 0 radical (unpaired) electrons. The molecule has 2 aromatic rings. The standard InChI is InChI=1S/C16H17FN2/c17-13-8-12(9-19-10-13)16(18)15-7-3-5-11-4-1-2-6-14(11)15/h1-2,4,6,8-10,15-16H,3,5,7,18H2. The Hall–Kier alpha value is -1.74. The summed E-state index contributed by atoms with van der Waals surface area (Å²) in [6, 6.07) is 9.73. The highest BCUT2D eigenvalue weighted by molar-refractivity contribution is 5.35. The van der Waals surface area contributed by atoms with Crippen LogP contribution in [0.2, 0.25) is 0 Å². The molecule has 0 saturated heterocycles. The molecule has 0 spiro atoms. The van der Waals surface area contributed by atoms with Crippen molar-refractivity contribution >= 4 is 0 Å². The lowest BCUT2D eigenvalue weighted by Gasteiger charge is -2.30. The summed E-state index contributed by atoms with van der Waals surface area (Å²) in [6.07, 6.45) is 6.18. The van der Waals surface area contributed by atoms with Crippen LogP contribution in [0.1, 0.15) is 41.5 Å². The first kappa shape index (κ1) is 12.3. The SMILES string of the molecule is NC(c1cncc(F)c1)C1CCCc2ccccc21. The van der Waals surface area contributed by atoms with Gasteiger partial charge in [0.15, 0.2) is 0 Å². The molecule has 0 saturated carbocycles. The van der Waals surface area contributed by atoms with Gasteiger partial charge < -0.3 is 5.73 Å². The van der Waals surface area contributed by atoms with Crippen LogP contribution >= 0.6 is 0 Å². The number of hydrogen-bond acceptors (Lipinski definition) is 2. The number of aromatic nitrogens is 1. The van der Waals surface area contributed by atoms with Crippen molar-refractivity contribution in [2.45, 2.75) is 31.2 Å². The second kappa shape index (κ2) is 5.10. The molecule has 0 aliphatic heterocycles. The topological polar surface area (TPSA) is 38.9 Å². The zero-order chi connectivity index (χ0) is 13.2. The summed E-state index contributed by atoms with van der Waals surface area (Å²) in [5.41, 5.74) is 9.81. The highest BCUT2D eigenvalue weighted by Crippen LogP contribution is 2.38. The summed E-state index contributed by atoms with van der Waals surface area (Å²) in [4.78, 5) is 3.90. The lowest BCUT2D eigenvalue weighted by atomic mass is 9.77. The van der Waals surface area contributed by atoms with Crippen molar-refractivity contribution in [2.75, 3.05) is 0 Å². The predicted molar refractivity (Wildman–Crippen MR) is 73.2 cm³/mol. The minimum atomic E-state index is -0.322. The lowest BCUT2D eigenvalue weighted by Crippen LogP contribution is -2.23. The summed E-state index contributed by atoms with van der Waals surface area (Å²) in [5.74, 6) is -0.0643. The van der Waals surface area contributed by atoms with Crippen molar-refractivity contribution in [3.05, 3.63) is 65.2 Å². The van der Waals surface area contributed by atoms with Crippen LogP contribution in [-0.4, -0.2) is 4.98 Å². The van der Waals surface area contributed by atoms with Crippen LogP contribution in [0.4, 0.5) is 4.39 Å². The maximum Gasteiger partial charge on any atom is 0.141 e. The first-order valence-electron chi connectivity index (χ1n) is 6.69. The number of nitrogens with zero attached hydrogens (tertiary/aromatic N) is 1. The number of nitrogens with two attached hydrogens (primary N) is 1. The maximum atomic E-state index is 13.3. The second-order valence-electron chi connectivity index (χ2n) is 5.16. The van der Waals surface area contributed by atoms with E-state index < -0.39 is 0 Å². The molecule has 0 bridgehead atoms. The van der Waals surface area contributed by atoms with Gasteiger partial charge in [-0.15, -0.1) is 0 Å². The summed E-state index contributed by atoms with van der Waals surface area (Å²) < 4.78 is 13.3. The average molecular weight is 256 g/mol. The zero-order valence-corrected chi connectivity index (χ0v) is 10.7. The van der Waals surface area contributed by atoms with E-state index >= 15 is 0 Å². The molecule has 1 heterocycles. The van der Waals surface area contributed by atoms with Crippen LogP contribution in [0.15, 0.2) is 42.7 Å². The molecule has 0 amide bonds. The van der Waals surface area contributed by atoms with Crippen molar-refractivity contribution in [2.24, 2.45) is 5.73 Å². The van der Waals surface area contributed by atoms with E-state index in [0.29, 0.717) is 0 Å². The number of rotatable bonds is 2. The van der Waals surface area contributed by atoms with Gasteiger partial charge in [0.25, 0.3) is 0 Å². The van der Waals surface area contributed by atoms with Gasteiger partial charge in [-0.1, -0.05) is 24.3 Å². The number of fused-ring (bicyclic) bond motifs is 1. The van der Waals surface area contributed by atoms with Gasteiger partial charge in [0.2, 0.25) is 0 Å². The maximum absolute atomic E-state index is 13.3. The van der Waals surface area contributed by atoms with Crippen molar-refractivity contribution in [3.8, 4) is 0 Å². The summed E-state index contributed by atoms with van der Waals surface area (Å²) in [7, 11) is 0. The predicted octanol–water partition coefficient (Wildman–Crippen LogP) is 3.34. The molecule has 1 aromatic heterocycles. The van der Waals surface area contributed by atoms with Crippen molar-refractivity contribution in [1.82, 2.24) is 4.98 Å². The Kier molecular flexibility index (Phi) is 3.30. The van der Waals surface area contributed by atoms with Crippen molar-refractivity contribution in [1.29, 1.82) is 0 Å². The van der Waals surface area contributed by atoms with Gasteiger partial charge in [-0.3, -0.25) is 4.98 Å². The Labute approximate surface area is 112 Å². The monoisotopic (exact) mass is 256 g/mol.